The molecule has 0 radical (unpaired) electrons. The van der Waals surface area contributed by atoms with Crippen LogP contribution in [0, 0.1) is 0 Å². The molecule has 0 saturated carbocycles. The first kappa shape index (κ1) is 21.8. The van der Waals surface area contributed by atoms with Crippen molar-refractivity contribution in [1.82, 2.24) is 9.80 Å². The lowest BCUT2D eigenvalue weighted by Crippen LogP contribution is -2.34. The summed E-state index contributed by atoms with van der Waals surface area (Å²) >= 11 is 0. The second-order valence-electron chi connectivity index (χ2n) is 6.76. The molecular weight excluding hydrogens is 360 g/mol. The van der Waals surface area contributed by atoms with Gasteiger partial charge in [-0.3, -0.25) is 9.59 Å². The van der Waals surface area contributed by atoms with Gasteiger partial charge in [0.25, 0.3) is 5.91 Å². The fraction of sp³-hybridized carbons (Fsp3) is 0.524. The summed E-state index contributed by atoms with van der Waals surface area (Å²) in [6.07, 6.45) is 0.721. The van der Waals surface area contributed by atoms with E-state index in [-0.39, 0.29) is 22.9 Å². The van der Waals surface area contributed by atoms with Gasteiger partial charge in [-0.25, -0.2) is 0 Å². The molecule has 0 spiro atoms. The lowest BCUT2D eigenvalue weighted by atomic mass is 9.96. The zero-order valence-corrected chi connectivity index (χ0v) is 17.1. The predicted octanol–water partition coefficient (Wildman–Crippen LogP) is 2.81. The Kier molecular flexibility index (Phi) is 7.45. The van der Waals surface area contributed by atoms with Crippen molar-refractivity contribution in [2.45, 2.75) is 40.2 Å². The minimum absolute atomic E-state index is 0.0133. The van der Waals surface area contributed by atoms with Crippen LogP contribution in [0.5, 0.6) is 11.5 Å². The summed E-state index contributed by atoms with van der Waals surface area (Å²) in [5, 5.41) is 20.3. The number of aliphatic hydroxyl groups is 1. The highest BCUT2D eigenvalue weighted by atomic mass is 16.5. The maximum atomic E-state index is 12.7. The Hall–Kier alpha value is -2.54. The van der Waals surface area contributed by atoms with E-state index in [9.17, 15) is 19.8 Å². The minimum atomic E-state index is -0.693. The second-order valence-corrected chi connectivity index (χ2v) is 6.76. The lowest BCUT2D eigenvalue weighted by Gasteiger charge is -2.28. The summed E-state index contributed by atoms with van der Waals surface area (Å²) in [6.45, 7) is 10.8. The molecule has 1 aliphatic heterocycles. The molecule has 1 amide bonds. The number of carbonyl (C=O) groups is 2. The topological polar surface area (TPSA) is 90.3 Å². The van der Waals surface area contributed by atoms with Crippen molar-refractivity contribution in [1.29, 1.82) is 0 Å². The molecule has 0 bridgehead atoms. The summed E-state index contributed by atoms with van der Waals surface area (Å²) in [5.74, 6) is -1.12. The number of aromatic hydroxyl groups is 1. The van der Waals surface area contributed by atoms with E-state index in [1.807, 2.05) is 0 Å². The minimum Gasteiger partial charge on any atom is -0.504 e. The molecule has 0 aliphatic carbocycles. The smallest absolute Gasteiger partial charge is 0.290 e. The molecule has 7 nitrogen and oxygen atoms in total. The molecule has 1 aromatic carbocycles. The van der Waals surface area contributed by atoms with Crippen molar-refractivity contribution in [3.05, 3.63) is 35.1 Å². The van der Waals surface area contributed by atoms with Gasteiger partial charge >= 0.3 is 0 Å². The van der Waals surface area contributed by atoms with Crippen molar-refractivity contribution in [2.24, 2.45) is 0 Å². The van der Waals surface area contributed by atoms with E-state index in [1.165, 1.54) is 17.9 Å². The van der Waals surface area contributed by atoms with Crippen LogP contribution < -0.4 is 4.74 Å². The van der Waals surface area contributed by atoms with Crippen LogP contribution in [0.1, 0.15) is 45.7 Å². The number of Topliss-reactive ketones (excluding diaryl/α,β-unsaturated/α-hetero) is 1. The predicted molar refractivity (Wildman–Crippen MR) is 106 cm³/mol. The summed E-state index contributed by atoms with van der Waals surface area (Å²) in [5.41, 5.74) is 0.702. The molecule has 2 rings (SSSR count). The quantitative estimate of drug-likeness (QED) is 0.638. The van der Waals surface area contributed by atoms with Gasteiger partial charge in [0.05, 0.1) is 18.2 Å². The van der Waals surface area contributed by atoms with E-state index in [0.29, 0.717) is 18.7 Å². The molecule has 1 heterocycles. The number of nitrogens with zero attached hydrogens (tertiary/aromatic N) is 2. The van der Waals surface area contributed by atoms with Crippen LogP contribution in [0.15, 0.2) is 29.5 Å². The maximum absolute atomic E-state index is 12.7. The molecule has 1 aliphatic rings. The second kappa shape index (κ2) is 9.59. The van der Waals surface area contributed by atoms with Gasteiger partial charge in [-0.15, -0.1) is 0 Å². The van der Waals surface area contributed by atoms with Crippen molar-refractivity contribution in [3.8, 4) is 11.5 Å². The molecule has 0 aromatic heterocycles. The van der Waals surface area contributed by atoms with E-state index >= 15 is 0 Å². The number of hydrogen-bond acceptors (Lipinski definition) is 6. The van der Waals surface area contributed by atoms with Gasteiger partial charge in [-0.05, 0) is 57.6 Å². The van der Waals surface area contributed by atoms with Crippen molar-refractivity contribution >= 4 is 11.7 Å². The van der Waals surface area contributed by atoms with E-state index in [0.717, 1.165) is 26.1 Å². The Morgan fingerprint density at radius 1 is 1.21 bits per heavy atom. The Bertz CT molecular complexity index is 755. The highest BCUT2D eigenvalue weighted by Crippen LogP contribution is 2.40. The van der Waals surface area contributed by atoms with Gasteiger partial charge in [0, 0.05) is 6.54 Å². The Morgan fingerprint density at radius 2 is 1.89 bits per heavy atom. The molecule has 1 unspecified atom stereocenters. The van der Waals surface area contributed by atoms with Gasteiger partial charge in [0.15, 0.2) is 23.0 Å². The van der Waals surface area contributed by atoms with E-state index < -0.39 is 17.7 Å². The van der Waals surface area contributed by atoms with Crippen LogP contribution in [0.25, 0.3) is 0 Å². The molecule has 2 N–H and O–H groups in total. The number of hydrogen-bond donors (Lipinski definition) is 2. The number of aliphatic hydroxyl groups excluding tert-OH is 1. The first-order valence-corrected chi connectivity index (χ1v) is 9.78. The Balaban J connectivity index is 2.35. The molecule has 7 heteroatoms. The molecule has 0 saturated heterocycles. The molecule has 154 valence electrons. The van der Waals surface area contributed by atoms with Crippen LogP contribution in [0.4, 0.5) is 0 Å². The third kappa shape index (κ3) is 4.47. The van der Waals surface area contributed by atoms with Crippen LogP contribution in [-0.2, 0) is 9.59 Å². The van der Waals surface area contributed by atoms with E-state index in [1.54, 1.807) is 19.1 Å². The van der Waals surface area contributed by atoms with Gasteiger partial charge in [-0.1, -0.05) is 19.9 Å². The SMILES string of the molecule is CCOc1cc(C2C(C(C)=O)=C(O)C(=O)N2CCCN(CC)CC)ccc1O. The Labute approximate surface area is 166 Å². The highest BCUT2D eigenvalue weighted by Gasteiger charge is 2.42. The molecule has 0 fully saturated rings. The first-order chi connectivity index (χ1) is 13.3. The third-order valence-electron chi connectivity index (χ3n) is 5.05. The van der Waals surface area contributed by atoms with Crippen molar-refractivity contribution < 1.29 is 24.5 Å². The molecule has 28 heavy (non-hydrogen) atoms. The molecular formula is C21H30N2O5. The van der Waals surface area contributed by atoms with Crippen LogP contribution in [0.2, 0.25) is 0 Å². The van der Waals surface area contributed by atoms with Gasteiger partial charge in [0.2, 0.25) is 0 Å². The molecule has 1 atom stereocenters. The van der Waals surface area contributed by atoms with Crippen molar-refractivity contribution in [2.75, 3.05) is 32.8 Å². The summed E-state index contributed by atoms with van der Waals surface area (Å²) in [7, 11) is 0. The largest absolute Gasteiger partial charge is 0.504 e. The zero-order valence-electron chi connectivity index (χ0n) is 17.1. The van der Waals surface area contributed by atoms with Crippen LogP contribution in [-0.4, -0.2) is 64.5 Å². The van der Waals surface area contributed by atoms with E-state index in [2.05, 4.69) is 18.7 Å². The third-order valence-corrected chi connectivity index (χ3v) is 5.05. The maximum Gasteiger partial charge on any atom is 0.290 e. The number of carbonyl (C=O) groups excluding carboxylic acids is 2. The molecule has 1 aromatic rings. The van der Waals surface area contributed by atoms with Crippen LogP contribution in [0.3, 0.4) is 0 Å². The average Bonchev–Trinajstić information content (AvgIpc) is 2.92. The highest BCUT2D eigenvalue weighted by molar-refractivity contribution is 6.08. The standard InChI is InChI=1S/C21H30N2O5/c1-5-22(6-2)11-8-12-23-19(18(14(4)24)20(26)21(23)27)15-9-10-16(25)17(13-15)28-7-3/h9-10,13,19,25-26H,5-8,11-12H2,1-4H3. The average molecular weight is 390 g/mol. The van der Waals surface area contributed by atoms with Gasteiger partial charge in [0.1, 0.15) is 0 Å². The normalized spacial score (nSPS) is 17.0. The number of phenolic OH excluding ortho intramolecular Hbond substituents is 1. The summed E-state index contributed by atoms with van der Waals surface area (Å²) in [6, 6.07) is 4.05. The summed E-state index contributed by atoms with van der Waals surface area (Å²) in [4.78, 5) is 28.6. The first-order valence-electron chi connectivity index (χ1n) is 9.78. The number of phenols is 1. The number of ketones is 1. The van der Waals surface area contributed by atoms with Gasteiger partial charge in [-0.2, -0.15) is 0 Å². The van der Waals surface area contributed by atoms with Crippen molar-refractivity contribution in [3.63, 3.8) is 0 Å². The van der Waals surface area contributed by atoms with Gasteiger partial charge < -0.3 is 24.7 Å². The zero-order chi connectivity index (χ0) is 20.8. The van der Waals surface area contributed by atoms with E-state index in [4.69, 9.17) is 4.74 Å². The van der Waals surface area contributed by atoms with Crippen LogP contribution >= 0.6 is 0 Å². The number of benzene rings is 1. The lowest BCUT2D eigenvalue weighted by molar-refractivity contribution is -0.129. The summed E-state index contributed by atoms with van der Waals surface area (Å²) < 4.78 is 5.44. The fourth-order valence-corrected chi connectivity index (χ4v) is 3.57. The fourth-order valence-electron chi connectivity index (χ4n) is 3.57. The number of amides is 1. The number of rotatable bonds is 10. The Morgan fingerprint density at radius 3 is 2.46 bits per heavy atom. The number of ether oxygens (including phenoxy) is 1. The monoisotopic (exact) mass is 390 g/mol.